The number of hydrogen-bond donors (Lipinski definition) is 0. The number of halogens is 1. The van der Waals surface area contributed by atoms with E-state index in [1.165, 1.54) is 25.7 Å². The van der Waals surface area contributed by atoms with Gasteiger partial charge >= 0.3 is 0 Å². The Morgan fingerprint density at radius 1 is 1.39 bits per heavy atom. The van der Waals surface area contributed by atoms with Gasteiger partial charge in [0.05, 0.1) is 0 Å². The predicted molar refractivity (Wildman–Crippen MR) is 80.2 cm³/mol. The average molecular weight is 316 g/mol. The Kier molecular flexibility index (Phi) is 6.33. The molecule has 104 valence electrons. The van der Waals surface area contributed by atoms with E-state index in [1.54, 1.807) is 6.33 Å². The van der Waals surface area contributed by atoms with Crippen LogP contribution < -0.4 is 0 Å². The van der Waals surface area contributed by atoms with Crippen molar-refractivity contribution in [1.29, 1.82) is 0 Å². The van der Waals surface area contributed by atoms with Crippen LogP contribution in [0.2, 0.25) is 0 Å². The van der Waals surface area contributed by atoms with E-state index in [0.29, 0.717) is 11.5 Å². The molecule has 0 aromatic carbocycles. The van der Waals surface area contributed by atoms with E-state index in [4.69, 9.17) is 0 Å². The van der Waals surface area contributed by atoms with E-state index in [1.807, 2.05) is 0 Å². The highest BCUT2D eigenvalue weighted by Gasteiger charge is 2.29. The van der Waals surface area contributed by atoms with Gasteiger partial charge in [-0.15, -0.1) is 0 Å². The summed E-state index contributed by atoms with van der Waals surface area (Å²) in [5.74, 6) is 1.13. The highest BCUT2D eigenvalue weighted by molar-refractivity contribution is 9.09. The molecule has 1 aromatic heterocycles. The van der Waals surface area contributed by atoms with Crippen LogP contribution in [0.4, 0.5) is 0 Å². The molecule has 0 N–H and O–H groups in total. The van der Waals surface area contributed by atoms with Gasteiger partial charge in [-0.1, -0.05) is 42.6 Å². The van der Waals surface area contributed by atoms with Crippen LogP contribution in [0.3, 0.4) is 0 Å². The Bertz CT molecular complexity index is 343. The molecule has 0 amide bonds. The fourth-order valence-electron chi connectivity index (χ4n) is 2.32. The Labute approximate surface area is 120 Å². The van der Waals surface area contributed by atoms with Crippen LogP contribution in [0.1, 0.15) is 65.2 Å². The van der Waals surface area contributed by atoms with Crippen molar-refractivity contribution in [2.24, 2.45) is 5.41 Å². The molecule has 0 radical (unpaired) electrons. The van der Waals surface area contributed by atoms with Gasteiger partial charge in [0, 0.05) is 17.8 Å². The predicted octanol–water partition coefficient (Wildman–Crippen LogP) is 4.38. The minimum atomic E-state index is 0.329. The highest BCUT2D eigenvalue weighted by Crippen LogP contribution is 2.34. The molecule has 1 heterocycles. The van der Waals surface area contributed by atoms with Crippen LogP contribution in [-0.2, 0) is 6.42 Å². The lowest BCUT2D eigenvalue weighted by Crippen LogP contribution is -2.27. The molecule has 3 nitrogen and oxygen atoms in total. The van der Waals surface area contributed by atoms with Gasteiger partial charge in [0.25, 0.3) is 0 Å². The number of aromatic nitrogens is 3. The molecule has 0 saturated heterocycles. The van der Waals surface area contributed by atoms with Crippen molar-refractivity contribution in [2.45, 2.75) is 65.8 Å². The lowest BCUT2D eigenvalue weighted by atomic mass is 9.79. The van der Waals surface area contributed by atoms with Crippen LogP contribution >= 0.6 is 15.9 Å². The van der Waals surface area contributed by atoms with Crippen molar-refractivity contribution in [3.8, 4) is 0 Å². The molecular formula is C14H26BrN3. The molecule has 0 aliphatic heterocycles. The summed E-state index contributed by atoms with van der Waals surface area (Å²) in [7, 11) is 0. The highest BCUT2D eigenvalue weighted by atomic mass is 79.9. The molecule has 0 bridgehead atoms. The van der Waals surface area contributed by atoms with Crippen molar-refractivity contribution in [2.75, 3.05) is 5.33 Å². The van der Waals surface area contributed by atoms with E-state index in [0.717, 1.165) is 17.6 Å². The molecule has 0 fully saturated rings. The summed E-state index contributed by atoms with van der Waals surface area (Å²) in [4.78, 5) is 4.46. The van der Waals surface area contributed by atoms with Crippen molar-refractivity contribution in [3.63, 3.8) is 0 Å². The molecule has 0 aliphatic rings. The van der Waals surface area contributed by atoms with E-state index in [-0.39, 0.29) is 0 Å². The maximum atomic E-state index is 4.46. The SMILES string of the molecule is CCCCC(CC)(CBr)Cc1ncnn1C(C)C. The smallest absolute Gasteiger partial charge is 0.138 e. The molecule has 1 atom stereocenters. The largest absolute Gasteiger partial charge is 0.248 e. The first kappa shape index (κ1) is 15.7. The lowest BCUT2D eigenvalue weighted by Gasteiger charge is -2.31. The number of hydrogen-bond acceptors (Lipinski definition) is 2. The van der Waals surface area contributed by atoms with Gasteiger partial charge < -0.3 is 0 Å². The zero-order valence-corrected chi connectivity index (χ0v) is 13.7. The fraction of sp³-hybridized carbons (Fsp3) is 0.857. The molecule has 18 heavy (non-hydrogen) atoms. The van der Waals surface area contributed by atoms with Crippen molar-refractivity contribution < 1.29 is 0 Å². The van der Waals surface area contributed by atoms with Crippen LogP contribution in [0.15, 0.2) is 6.33 Å². The Balaban J connectivity index is 2.85. The summed E-state index contributed by atoms with van der Waals surface area (Å²) < 4.78 is 2.05. The minimum Gasteiger partial charge on any atom is -0.248 e. The van der Waals surface area contributed by atoms with Crippen molar-refractivity contribution >= 4 is 15.9 Å². The molecule has 0 spiro atoms. The Hall–Kier alpha value is -0.380. The number of unbranched alkanes of at least 4 members (excludes halogenated alkanes) is 1. The third kappa shape index (κ3) is 3.81. The standard InChI is InChI=1S/C14H26BrN3/c1-5-7-8-14(6-2,10-15)9-13-16-11-17-18(13)12(3)4/h11-12H,5-10H2,1-4H3. The first-order chi connectivity index (χ1) is 8.58. The molecule has 1 aromatic rings. The Morgan fingerprint density at radius 2 is 2.11 bits per heavy atom. The number of rotatable bonds is 8. The number of alkyl halides is 1. The maximum absolute atomic E-state index is 4.46. The van der Waals surface area contributed by atoms with Crippen molar-refractivity contribution in [1.82, 2.24) is 14.8 Å². The van der Waals surface area contributed by atoms with Gasteiger partial charge in [-0.05, 0) is 32.1 Å². The van der Waals surface area contributed by atoms with Crippen molar-refractivity contribution in [3.05, 3.63) is 12.2 Å². The summed E-state index contributed by atoms with van der Waals surface area (Å²) in [6.45, 7) is 8.86. The lowest BCUT2D eigenvalue weighted by molar-refractivity contribution is 0.270. The second kappa shape index (κ2) is 7.27. The zero-order valence-electron chi connectivity index (χ0n) is 12.1. The average Bonchev–Trinajstić information content (AvgIpc) is 2.82. The Morgan fingerprint density at radius 3 is 2.61 bits per heavy atom. The van der Waals surface area contributed by atoms with Crippen LogP contribution in [-0.4, -0.2) is 20.1 Å². The van der Waals surface area contributed by atoms with E-state index in [2.05, 4.69) is 58.4 Å². The molecule has 1 rings (SSSR count). The number of nitrogens with zero attached hydrogens (tertiary/aromatic N) is 3. The maximum Gasteiger partial charge on any atom is 0.138 e. The van der Waals surface area contributed by atoms with Gasteiger partial charge in [-0.2, -0.15) is 5.10 Å². The third-order valence-corrected chi connectivity index (χ3v) is 4.95. The second-order valence-corrected chi connectivity index (χ2v) is 6.04. The van der Waals surface area contributed by atoms with Crippen LogP contribution in [0.5, 0.6) is 0 Å². The topological polar surface area (TPSA) is 30.7 Å². The van der Waals surface area contributed by atoms with Gasteiger partial charge in [-0.25, -0.2) is 9.67 Å². The summed E-state index contributed by atoms with van der Waals surface area (Å²) >= 11 is 3.71. The van der Waals surface area contributed by atoms with Crippen LogP contribution in [0.25, 0.3) is 0 Å². The molecule has 0 saturated carbocycles. The van der Waals surface area contributed by atoms with Gasteiger partial charge in [0.15, 0.2) is 0 Å². The molecular weight excluding hydrogens is 290 g/mol. The second-order valence-electron chi connectivity index (χ2n) is 5.48. The van der Waals surface area contributed by atoms with Gasteiger partial charge in [0.2, 0.25) is 0 Å². The van der Waals surface area contributed by atoms with Gasteiger partial charge in [-0.3, -0.25) is 0 Å². The van der Waals surface area contributed by atoms with E-state index < -0.39 is 0 Å². The van der Waals surface area contributed by atoms with E-state index >= 15 is 0 Å². The minimum absolute atomic E-state index is 0.329. The summed E-state index contributed by atoms with van der Waals surface area (Å²) in [6.07, 6.45) is 7.69. The normalized spacial score (nSPS) is 15.0. The first-order valence-corrected chi connectivity index (χ1v) is 8.15. The zero-order chi connectivity index (χ0) is 13.6. The summed E-state index contributed by atoms with van der Waals surface area (Å²) in [6, 6.07) is 0.388. The molecule has 0 aliphatic carbocycles. The van der Waals surface area contributed by atoms with Gasteiger partial charge in [0.1, 0.15) is 12.2 Å². The first-order valence-electron chi connectivity index (χ1n) is 7.03. The monoisotopic (exact) mass is 315 g/mol. The van der Waals surface area contributed by atoms with E-state index in [9.17, 15) is 0 Å². The summed E-state index contributed by atoms with van der Waals surface area (Å²) in [5.41, 5.74) is 0.329. The quantitative estimate of drug-likeness (QED) is 0.666. The van der Waals surface area contributed by atoms with Crippen LogP contribution in [0, 0.1) is 5.41 Å². The summed E-state index contributed by atoms with van der Waals surface area (Å²) in [5, 5.41) is 5.38. The molecule has 1 unspecified atom stereocenters. The third-order valence-electron chi connectivity index (χ3n) is 3.76. The fourth-order valence-corrected chi connectivity index (χ4v) is 3.19. The molecule has 4 heteroatoms.